The molecule has 0 bridgehead atoms. The van der Waals surface area contributed by atoms with Crippen molar-refractivity contribution in [3.8, 4) is 0 Å². The van der Waals surface area contributed by atoms with Gasteiger partial charge in [0.2, 0.25) is 5.91 Å². The van der Waals surface area contributed by atoms with Crippen molar-refractivity contribution in [3.63, 3.8) is 0 Å². The third kappa shape index (κ3) is 4.26. The second-order valence-corrected chi connectivity index (χ2v) is 8.63. The molecule has 29 heavy (non-hydrogen) atoms. The number of imidazole rings is 1. The predicted octanol–water partition coefficient (Wildman–Crippen LogP) is 1.57. The van der Waals surface area contributed by atoms with E-state index < -0.39 is 0 Å². The van der Waals surface area contributed by atoms with Crippen LogP contribution in [0.15, 0.2) is 23.0 Å². The topological polar surface area (TPSA) is 73.4 Å². The number of rotatable bonds is 7. The first kappa shape index (κ1) is 20.2. The molecule has 0 aliphatic carbocycles. The van der Waals surface area contributed by atoms with E-state index in [1.54, 1.807) is 7.05 Å². The summed E-state index contributed by atoms with van der Waals surface area (Å²) in [7, 11) is 3.89. The number of carbonyl (C=O) groups is 1. The highest BCUT2D eigenvalue weighted by molar-refractivity contribution is 5.79. The fourth-order valence-electron chi connectivity index (χ4n) is 5.08. The van der Waals surface area contributed by atoms with Crippen molar-refractivity contribution in [2.45, 2.75) is 57.2 Å². The molecular formula is C22H33N5O2. The van der Waals surface area contributed by atoms with Crippen molar-refractivity contribution in [1.82, 2.24) is 24.7 Å². The molecule has 1 unspecified atom stereocenters. The molecule has 7 nitrogen and oxygen atoms in total. The monoisotopic (exact) mass is 399 g/mol. The average molecular weight is 400 g/mol. The van der Waals surface area contributed by atoms with Gasteiger partial charge in [0.05, 0.1) is 17.6 Å². The van der Waals surface area contributed by atoms with Crippen LogP contribution in [0.3, 0.4) is 0 Å². The third-order valence-electron chi connectivity index (χ3n) is 6.77. The maximum absolute atomic E-state index is 12.3. The van der Waals surface area contributed by atoms with E-state index in [0.29, 0.717) is 18.6 Å². The summed E-state index contributed by atoms with van der Waals surface area (Å²) in [6.07, 6.45) is 6.86. The molecule has 158 valence electrons. The number of nitrogens with zero attached hydrogens (tertiary/aromatic N) is 3. The van der Waals surface area contributed by atoms with Crippen LogP contribution >= 0.6 is 0 Å². The summed E-state index contributed by atoms with van der Waals surface area (Å²) < 4.78 is 1.90. The van der Waals surface area contributed by atoms with Gasteiger partial charge in [0.25, 0.3) is 0 Å². The Bertz CT molecular complexity index is 918. The van der Waals surface area contributed by atoms with E-state index in [1.165, 1.54) is 24.8 Å². The SMILES string of the molecule is CNC(=O)CN1CCCCC1CCCN(C)[C@@H]1Cc2cccc3[nH]c(=O)n(c23)C1. The number of nitrogens with one attached hydrogen (secondary N) is 2. The van der Waals surface area contributed by atoms with Crippen molar-refractivity contribution in [1.29, 1.82) is 0 Å². The van der Waals surface area contributed by atoms with Gasteiger partial charge in [-0.15, -0.1) is 0 Å². The molecule has 1 saturated heterocycles. The van der Waals surface area contributed by atoms with Gasteiger partial charge >= 0.3 is 5.69 Å². The highest BCUT2D eigenvalue weighted by Crippen LogP contribution is 2.25. The van der Waals surface area contributed by atoms with Gasteiger partial charge in [0, 0.05) is 25.7 Å². The van der Waals surface area contributed by atoms with Crippen LogP contribution in [0, 0.1) is 0 Å². The summed E-state index contributed by atoms with van der Waals surface area (Å²) in [5.41, 5.74) is 3.28. The summed E-state index contributed by atoms with van der Waals surface area (Å²) in [5.74, 6) is 0.109. The lowest BCUT2D eigenvalue weighted by molar-refractivity contribution is -0.122. The first-order valence-electron chi connectivity index (χ1n) is 10.9. The zero-order valence-electron chi connectivity index (χ0n) is 17.6. The number of piperidine rings is 1. The smallest absolute Gasteiger partial charge is 0.326 e. The number of hydrogen-bond donors (Lipinski definition) is 2. The highest BCUT2D eigenvalue weighted by Gasteiger charge is 2.27. The van der Waals surface area contributed by atoms with Crippen molar-refractivity contribution >= 4 is 16.9 Å². The molecule has 4 rings (SSSR count). The number of benzene rings is 1. The second kappa shape index (κ2) is 8.71. The van der Waals surface area contributed by atoms with Crippen LogP contribution in [-0.4, -0.2) is 71.1 Å². The number of para-hydroxylation sites is 1. The molecule has 1 aromatic carbocycles. The molecule has 7 heteroatoms. The summed E-state index contributed by atoms with van der Waals surface area (Å²) in [4.78, 5) is 31.9. The van der Waals surface area contributed by atoms with Crippen molar-refractivity contribution in [2.24, 2.45) is 0 Å². The molecule has 0 saturated carbocycles. The van der Waals surface area contributed by atoms with Crippen LogP contribution in [0.2, 0.25) is 0 Å². The van der Waals surface area contributed by atoms with Gasteiger partial charge in [-0.2, -0.15) is 0 Å². The minimum atomic E-state index is -0.00222. The predicted molar refractivity (Wildman–Crippen MR) is 115 cm³/mol. The van der Waals surface area contributed by atoms with Gasteiger partial charge < -0.3 is 15.2 Å². The molecule has 0 spiro atoms. The lowest BCUT2D eigenvalue weighted by Crippen LogP contribution is -2.45. The van der Waals surface area contributed by atoms with E-state index in [-0.39, 0.29) is 11.6 Å². The molecule has 2 atom stereocenters. The van der Waals surface area contributed by atoms with Gasteiger partial charge in [0.1, 0.15) is 0 Å². The molecule has 1 fully saturated rings. The number of aromatic nitrogens is 2. The number of likely N-dealkylation sites (tertiary alicyclic amines) is 1. The molecule has 1 aromatic heterocycles. The summed E-state index contributed by atoms with van der Waals surface area (Å²) in [6.45, 7) is 3.31. The van der Waals surface area contributed by atoms with E-state index in [1.807, 2.05) is 16.7 Å². The van der Waals surface area contributed by atoms with Crippen molar-refractivity contribution in [2.75, 3.05) is 33.7 Å². The summed E-state index contributed by atoms with van der Waals surface area (Å²) in [6, 6.07) is 7.01. The van der Waals surface area contributed by atoms with Crippen LogP contribution in [0.4, 0.5) is 0 Å². The first-order chi connectivity index (χ1) is 14.1. The molecule has 2 aromatic rings. The molecule has 2 aliphatic rings. The number of likely N-dealkylation sites (N-methyl/N-ethyl adjacent to an activating group) is 2. The Morgan fingerprint density at radius 3 is 3.03 bits per heavy atom. The normalized spacial score (nSPS) is 22.3. The van der Waals surface area contributed by atoms with Crippen LogP contribution < -0.4 is 11.0 Å². The van der Waals surface area contributed by atoms with E-state index in [4.69, 9.17) is 0 Å². The number of carbonyl (C=O) groups excluding carboxylic acids is 1. The Morgan fingerprint density at radius 2 is 2.21 bits per heavy atom. The van der Waals surface area contributed by atoms with E-state index in [9.17, 15) is 9.59 Å². The van der Waals surface area contributed by atoms with Crippen LogP contribution in [0.1, 0.15) is 37.7 Å². The lowest BCUT2D eigenvalue weighted by Gasteiger charge is -2.36. The minimum absolute atomic E-state index is 0.00222. The first-order valence-corrected chi connectivity index (χ1v) is 10.9. The zero-order chi connectivity index (χ0) is 20.4. The van der Waals surface area contributed by atoms with Gasteiger partial charge in [0.15, 0.2) is 0 Å². The van der Waals surface area contributed by atoms with Crippen molar-refractivity contribution in [3.05, 3.63) is 34.2 Å². The van der Waals surface area contributed by atoms with E-state index in [2.05, 4.69) is 33.2 Å². The zero-order valence-corrected chi connectivity index (χ0v) is 17.6. The van der Waals surface area contributed by atoms with Crippen LogP contribution in [0.25, 0.3) is 11.0 Å². The molecule has 3 heterocycles. The Labute approximate surface area is 172 Å². The minimum Gasteiger partial charge on any atom is -0.358 e. The van der Waals surface area contributed by atoms with Gasteiger partial charge in [-0.25, -0.2) is 4.79 Å². The molecule has 2 aliphatic heterocycles. The van der Waals surface area contributed by atoms with Crippen molar-refractivity contribution < 1.29 is 4.79 Å². The Morgan fingerprint density at radius 1 is 1.34 bits per heavy atom. The molecule has 2 N–H and O–H groups in total. The number of hydrogen-bond acceptors (Lipinski definition) is 4. The van der Waals surface area contributed by atoms with Gasteiger partial charge in [-0.05, 0) is 63.9 Å². The molecule has 0 radical (unpaired) electrons. The Hall–Kier alpha value is -2.12. The van der Waals surface area contributed by atoms with Crippen LogP contribution in [-0.2, 0) is 17.8 Å². The van der Waals surface area contributed by atoms with E-state index in [0.717, 1.165) is 49.9 Å². The summed E-state index contributed by atoms with van der Waals surface area (Å²) in [5, 5.41) is 2.75. The third-order valence-corrected chi connectivity index (χ3v) is 6.77. The number of aromatic amines is 1. The standard InChI is InChI=1S/C22H33N5O2/c1-23-20(28)15-26-12-4-3-8-17(26)9-6-11-25(2)18-13-16-7-5-10-19-21(16)27(14-18)22(29)24-19/h5,7,10,17-18H,3-4,6,8-9,11-15H2,1-2H3,(H,23,28)(H,24,29)/t17?,18-/m1/s1. The molecular weight excluding hydrogens is 366 g/mol. The quantitative estimate of drug-likeness (QED) is 0.741. The number of H-pyrrole nitrogens is 1. The number of amides is 1. The summed E-state index contributed by atoms with van der Waals surface area (Å²) >= 11 is 0. The Kier molecular flexibility index (Phi) is 6.06. The largest absolute Gasteiger partial charge is 0.358 e. The van der Waals surface area contributed by atoms with E-state index >= 15 is 0 Å². The maximum Gasteiger partial charge on any atom is 0.326 e. The fraction of sp³-hybridized carbons (Fsp3) is 0.636. The molecule has 1 amide bonds. The van der Waals surface area contributed by atoms with Gasteiger partial charge in [-0.1, -0.05) is 18.6 Å². The average Bonchev–Trinajstić information content (AvgIpc) is 3.06. The van der Waals surface area contributed by atoms with Crippen LogP contribution in [0.5, 0.6) is 0 Å². The fourth-order valence-corrected chi connectivity index (χ4v) is 5.08. The maximum atomic E-state index is 12.3. The lowest BCUT2D eigenvalue weighted by atomic mass is 9.97. The second-order valence-electron chi connectivity index (χ2n) is 8.63. The highest BCUT2D eigenvalue weighted by atomic mass is 16.2. The Balaban J connectivity index is 1.33. The van der Waals surface area contributed by atoms with Gasteiger partial charge in [-0.3, -0.25) is 14.3 Å².